The number of nitrogens with zero attached hydrogens (tertiary/aromatic N) is 3. The van der Waals surface area contributed by atoms with Crippen molar-refractivity contribution < 1.29 is 24.2 Å². The van der Waals surface area contributed by atoms with Crippen LogP contribution in [0.5, 0.6) is 5.75 Å². The Morgan fingerprint density at radius 2 is 1.73 bits per heavy atom. The average molecular weight is 607 g/mol. The van der Waals surface area contributed by atoms with Crippen LogP contribution in [0, 0.1) is 11.3 Å². The van der Waals surface area contributed by atoms with Gasteiger partial charge in [0, 0.05) is 37.8 Å². The first kappa shape index (κ1) is 28.1. The highest BCUT2D eigenvalue weighted by Gasteiger charge is 2.52. The van der Waals surface area contributed by atoms with Crippen molar-refractivity contribution in [2.24, 2.45) is 11.3 Å². The predicted molar refractivity (Wildman–Crippen MR) is 166 cm³/mol. The van der Waals surface area contributed by atoms with E-state index in [-0.39, 0.29) is 43.2 Å². The van der Waals surface area contributed by atoms with Gasteiger partial charge in [0.15, 0.2) is 0 Å². The number of hydrogen-bond donors (Lipinski definition) is 4. The van der Waals surface area contributed by atoms with Gasteiger partial charge in [0.2, 0.25) is 5.91 Å². The molecule has 2 aromatic heterocycles. The molecule has 2 atom stereocenters. The summed E-state index contributed by atoms with van der Waals surface area (Å²) >= 11 is 0. The van der Waals surface area contributed by atoms with Crippen molar-refractivity contribution in [3.05, 3.63) is 101 Å². The number of para-hydroxylation sites is 2. The molecule has 12 heteroatoms. The number of hydrogen-bond acceptors (Lipinski definition) is 7. The Morgan fingerprint density at radius 1 is 0.956 bits per heavy atom. The van der Waals surface area contributed by atoms with Crippen molar-refractivity contribution in [1.82, 2.24) is 24.8 Å². The summed E-state index contributed by atoms with van der Waals surface area (Å²) in [5.74, 6) is -0.921. The summed E-state index contributed by atoms with van der Waals surface area (Å²) in [7, 11) is 0. The molecule has 2 aliphatic rings. The number of piperidine rings is 2. The number of aromatic nitrogens is 3. The zero-order valence-corrected chi connectivity index (χ0v) is 24.2. The Bertz CT molecular complexity index is 2010. The predicted octanol–water partition coefficient (Wildman–Crippen LogP) is 3.85. The largest absolute Gasteiger partial charge is 0.506 e. The van der Waals surface area contributed by atoms with Crippen LogP contribution >= 0.6 is 0 Å². The Balaban J connectivity index is 1.20. The van der Waals surface area contributed by atoms with E-state index in [1.54, 1.807) is 46.2 Å². The van der Waals surface area contributed by atoms with Crippen LogP contribution in [-0.4, -0.2) is 73.9 Å². The van der Waals surface area contributed by atoms with E-state index in [4.69, 9.17) is 4.74 Å². The van der Waals surface area contributed by atoms with E-state index in [9.17, 15) is 24.3 Å². The van der Waals surface area contributed by atoms with Crippen LogP contribution in [0.15, 0.2) is 83.8 Å². The summed E-state index contributed by atoms with van der Waals surface area (Å²) in [6.07, 6.45) is 1.39. The standard InChI is InChI=1S/C33H30N6O6/c40-26-11-4-8-22-23(12-13-34-27(22)26)29(41)38-15-21-14-33(18-38,19-39(16-21)32(44)45-17-20-6-2-1-3-7-20)30(42)35-24-9-5-10-25-28(24)37-31(43)36-25/h1-13,21,40H,14-19H2,(H,35,42)(H2,36,37,43)/t21-,33+/m1/s1. The van der Waals surface area contributed by atoms with Crippen molar-refractivity contribution in [2.75, 3.05) is 31.5 Å². The van der Waals surface area contributed by atoms with Gasteiger partial charge in [-0.1, -0.05) is 48.5 Å². The molecule has 45 heavy (non-hydrogen) atoms. The molecule has 0 saturated carbocycles. The Hall–Kier alpha value is -5.65. The number of carbonyl (C=O) groups excluding carboxylic acids is 3. The lowest BCUT2D eigenvalue weighted by Crippen LogP contribution is -2.64. The van der Waals surface area contributed by atoms with E-state index in [2.05, 4.69) is 20.3 Å². The molecular weight excluding hydrogens is 576 g/mol. The zero-order valence-electron chi connectivity index (χ0n) is 24.2. The maximum absolute atomic E-state index is 14.3. The van der Waals surface area contributed by atoms with E-state index >= 15 is 0 Å². The molecule has 0 aliphatic carbocycles. The highest BCUT2D eigenvalue weighted by atomic mass is 16.6. The quantitative estimate of drug-likeness (QED) is 0.236. The molecule has 2 saturated heterocycles. The first-order valence-corrected chi connectivity index (χ1v) is 14.6. The fourth-order valence-corrected chi connectivity index (χ4v) is 6.68. The number of rotatable bonds is 5. The van der Waals surface area contributed by atoms with Gasteiger partial charge in [-0.05, 0) is 42.2 Å². The SMILES string of the molecule is O=C(OCc1ccccc1)N1C[C@H]2CN(C(=O)c3ccnc4c(O)cccc34)C[C@@](C(=O)Nc3cccc4[nH]c(=O)[nH]c34)(C2)C1. The van der Waals surface area contributed by atoms with Crippen LogP contribution in [0.25, 0.3) is 21.9 Å². The number of fused-ring (bicyclic) bond motifs is 4. The van der Waals surface area contributed by atoms with E-state index in [0.29, 0.717) is 52.7 Å². The molecule has 3 amide bonds. The summed E-state index contributed by atoms with van der Waals surface area (Å²) in [5.41, 5.74) is 1.34. The highest BCUT2D eigenvalue weighted by Crippen LogP contribution is 2.41. The second kappa shape index (κ2) is 11.1. The molecule has 3 aromatic carbocycles. The monoisotopic (exact) mass is 606 g/mol. The molecule has 2 aliphatic heterocycles. The molecule has 0 unspecified atom stereocenters. The molecule has 4 N–H and O–H groups in total. The minimum absolute atomic E-state index is 0.0320. The van der Waals surface area contributed by atoms with Crippen molar-refractivity contribution in [3.63, 3.8) is 0 Å². The van der Waals surface area contributed by atoms with Gasteiger partial charge in [0.05, 0.1) is 27.7 Å². The molecular formula is C33H30N6O6. The number of aromatic hydroxyl groups is 1. The van der Waals surface area contributed by atoms with Gasteiger partial charge in [-0.3, -0.25) is 14.6 Å². The lowest BCUT2D eigenvalue weighted by atomic mass is 9.71. The third-order valence-electron chi connectivity index (χ3n) is 8.64. The smallest absolute Gasteiger partial charge is 0.410 e. The summed E-state index contributed by atoms with van der Waals surface area (Å²) in [5, 5.41) is 13.8. The summed E-state index contributed by atoms with van der Waals surface area (Å²) in [4.78, 5) is 66.5. The van der Waals surface area contributed by atoms with Crippen LogP contribution < -0.4 is 11.0 Å². The number of likely N-dealkylation sites (tertiary alicyclic amines) is 2. The molecule has 228 valence electrons. The normalized spacial score (nSPS) is 19.4. The number of ether oxygens (including phenoxy) is 1. The number of anilines is 1. The average Bonchev–Trinajstić information content (AvgIpc) is 3.44. The van der Waals surface area contributed by atoms with Gasteiger partial charge < -0.3 is 34.9 Å². The Kier molecular flexibility index (Phi) is 6.96. The van der Waals surface area contributed by atoms with Crippen molar-refractivity contribution >= 4 is 45.5 Å². The molecule has 7 rings (SSSR count). The maximum Gasteiger partial charge on any atom is 0.410 e. The second-order valence-corrected chi connectivity index (χ2v) is 11.8. The van der Waals surface area contributed by atoms with Gasteiger partial charge in [-0.15, -0.1) is 0 Å². The van der Waals surface area contributed by atoms with E-state index in [1.165, 1.54) is 12.3 Å². The number of phenolic OH excluding ortho intramolecular Hbond substituents is 1. The summed E-state index contributed by atoms with van der Waals surface area (Å²) in [6.45, 7) is 0.795. The van der Waals surface area contributed by atoms with Crippen LogP contribution in [-0.2, 0) is 16.1 Å². The summed E-state index contributed by atoms with van der Waals surface area (Å²) in [6, 6.07) is 21.0. The number of H-pyrrole nitrogens is 2. The van der Waals surface area contributed by atoms with Crippen LogP contribution in [0.1, 0.15) is 22.3 Å². The third-order valence-corrected chi connectivity index (χ3v) is 8.64. The van der Waals surface area contributed by atoms with Crippen molar-refractivity contribution in [3.8, 4) is 5.75 Å². The number of pyridine rings is 1. The maximum atomic E-state index is 14.3. The van der Waals surface area contributed by atoms with E-state index < -0.39 is 17.2 Å². The summed E-state index contributed by atoms with van der Waals surface area (Å²) < 4.78 is 5.64. The Labute approximate surface area is 256 Å². The van der Waals surface area contributed by atoms with Gasteiger partial charge in [0.1, 0.15) is 17.9 Å². The van der Waals surface area contributed by atoms with Crippen molar-refractivity contribution in [1.29, 1.82) is 0 Å². The van der Waals surface area contributed by atoms with Gasteiger partial charge >= 0.3 is 11.8 Å². The third kappa shape index (κ3) is 5.24. The zero-order chi connectivity index (χ0) is 31.1. The number of phenols is 1. The number of amides is 3. The number of imidazole rings is 1. The van der Waals surface area contributed by atoms with Crippen LogP contribution in [0.2, 0.25) is 0 Å². The fourth-order valence-electron chi connectivity index (χ4n) is 6.68. The molecule has 12 nitrogen and oxygen atoms in total. The molecule has 4 heterocycles. The van der Waals surface area contributed by atoms with Crippen molar-refractivity contribution in [2.45, 2.75) is 13.0 Å². The number of benzene rings is 3. The first-order chi connectivity index (χ1) is 21.8. The second-order valence-electron chi connectivity index (χ2n) is 11.8. The van der Waals surface area contributed by atoms with Gasteiger partial charge in [0.25, 0.3) is 5.91 Å². The lowest BCUT2D eigenvalue weighted by molar-refractivity contribution is -0.134. The van der Waals surface area contributed by atoms with Gasteiger partial charge in [-0.25, -0.2) is 9.59 Å². The highest BCUT2D eigenvalue weighted by molar-refractivity contribution is 6.08. The van der Waals surface area contributed by atoms with E-state index in [0.717, 1.165) is 5.56 Å². The molecule has 0 radical (unpaired) electrons. The molecule has 5 aromatic rings. The number of aromatic amines is 2. The first-order valence-electron chi connectivity index (χ1n) is 14.6. The minimum atomic E-state index is -1.17. The molecule has 2 bridgehead atoms. The topological polar surface area (TPSA) is 161 Å². The lowest BCUT2D eigenvalue weighted by Gasteiger charge is -2.51. The molecule has 2 fully saturated rings. The fraction of sp³-hybridized carbons (Fsp3) is 0.242. The van der Waals surface area contributed by atoms with Gasteiger partial charge in [-0.2, -0.15) is 0 Å². The van der Waals surface area contributed by atoms with Crippen LogP contribution in [0.3, 0.4) is 0 Å². The number of nitrogens with one attached hydrogen (secondary N) is 3. The Morgan fingerprint density at radius 3 is 2.58 bits per heavy atom. The molecule has 0 spiro atoms. The minimum Gasteiger partial charge on any atom is -0.506 e. The van der Waals surface area contributed by atoms with E-state index in [1.807, 2.05) is 30.3 Å². The number of carbonyl (C=O) groups is 3. The van der Waals surface area contributed by atoms with Crippen LogP contribution in [0.4, 0.5) is 10.5 Å².